The van der Waals surface area contributed by atoms with Crippen molar-refractivity contribution in [3.63, 3.8) is 0 Å². The molecule has 0 saturated heterocycles. The van der Waals surface area contributed by atoms with Gasteiger partial charge in [0.2, 0.25) is 0 Å². The number of hydrogen-bond donors (Lipinski definition) is 8. The van der Waals surface area contributed by atoms with Gasteiger partial charge in [0.15, 0.2) is 0 Å². The third-order valence-electron chi connectivity index (χ3n) is 14.8. The predicted molar refractivity (Wildman–Crippen MR) is 332 cm³/mol. The SMILES string of the molecule is Oc1cccc(-c2c(-c3c(-c4cccc(O)c4)c(-c4cccc(O)c4)c(N(c4ccccc4)c4cccc(O)c4)c4[nH]c5ccc(cc5)c5ccc(cc5)[nH]c34)ccc(N(c3ccccc3)c3cccc(O)c3)c2-c2cccc(O)c2)c1. The zero-order chi connectivity index (χ0) is 55.8. The molecule has 0 amide bonds. The van der Waals surface area contributed by atoms with Crippen LogP contribution in [0, 0.1) is 0 Å². The molecule has 0 atom stereocenters. The summed E-state index contributed by atoms with van der Waals surface area (Å²) in [5.41, 5.74) is 13.0. The van der Waals surface area contributed by atoms with Gasteiger partial charge in [-0.1, -0.05) is 127 Å². The number of nitrogens with one attached hydrogen (secondary N) is 2. The van der Waals surface area contributed by atoms with Crippen molar-refractivity contribution >= 4 is 67.0 Å². The van der Waals surface area contributed by atoms with Gasteiger partial charge in [0, 0.05) is 68.2 Å². The van der Waals surface area contributed by atoms with Crippen LogP contribution in [-0.2, 0) is 0 Å². The number of phenolic OH excluding ortho intramolecular Hbond substituents is 6. The zero-order valence-electron chi connectivity index (χ0n) is 44.0. The molecule has 0 unspecified atom stereocenters. The third-order valence-corrected chi connectivity index (χ3v) is 14.8. The second-order valence-corrected chi connectivity index (χ2v) is 20.1. The zero-order valence-corrected chi connectivity index (χ0v) is 44.0. The summed E-state index contributed by atoms with van der Waals surface area (Å²) in [5, 5.41) is 71.5. The summed E-state index contributed by atoms with van der Waals surface area (Å²) in [6.07, 6.45) is 0. The average molecular weight is 1070 g/mol. The van der Waals surface area contributed by atoms with E-state index in [1.807, 2.05) is 127 Å². The number of para-hydroxylation sites is 2. The first-order valence-corrected chi connectivity index (χ1v) is 26.7. The van der Waals surface area contributed by atoms with E-state index < -0.39 is 0 Å². The van der Waals surface area contributed by atoms with Gasteiger partial charge in [-0.2, -0.15) is 0 Å². The van der Waals surface area contributed by atoms with Crippen molar-refractivity contribution in [1.29, 1.82) is 0 Å². The number of anilines is 6. The first-order chi connectivity index (χ1) is 40.1. The van der Waals surface area contributed by atoms with Crippen LogP contribution in [0.15, 0.2) is 267 Å². The third kappa shape index (κ3) is 9.52. The van der Waals surface area contributed by atoms with E-state index >= 15 is 0 Å². The van der Waals surface area contributed by atoms with Crippen LogP contribution in [-0.4, -0.2) is 40.6 Å². The van der Waals surface area contributed by atoms with E-state index in [1.54, 1.807) is 109 Å². The molecule has 16 aromatic rings. The Morgan fingerprint density at radius 2 is 0.634 bits per heavy atom. The van der Waals surface area contributed by atoms with E-state index in [4.69, 9.17) is 0 Å². The number of benzene rings is 12. The fraction of sp³-hybridized carbons (Fsp3) is 0. The van der Waals surface area contributed by atoms with Crippen LogP contribution >= 0.6 is 0 Å². The van der Waals surface area contributed by atoms with Gasteiger partial charge in [0.25, 0.3) is 0 Å². The molecule has 4 bridgehead atoms. The van der Waals surface area contributed by atoms with Gasteiger partial charge in [0.05, 0.1) is 22.4 Å². The van der Waals surface area contributed by atoms with Crippen LogP contribution in [0.25, 0.3) is 88.5 Å². The maximum Gasteiger partial charge on any atom is 0.117 e. The Bertz CT molecular complexity index is 4590. The molecular formula is C72H52N4O6. The molecule has 396 valence electrons. The fourth-order valence-corrected chi connectivity index (χ4v) is 11.3. The highest BCUT2D eigenvalue weighted by Gasteiger charge is 2.32. The maximum absolute atomic E-state index is 11.8. The van der Waals surface area contributed by atoms with Crippen molar-refractivity contribution in [2.24, 2.45) is 0 Å². The largest absolute Gasteiger partial charge is 0.508 e. The van der Waals surface area contributed by atoms with Crippen LogP contribution < -0.4 is 9.80 Å². The molecule has 0 radical (unpaired) electrons. The van der Waals surface area contributed by atoms with E-state index in [9.17, 15) is 30.6 Å². The molecule has 0 aliphatic carbocycles. The second-order valence-electron chi connectivity index (χ2n) is 20.1. The van der Waals surface area contributed by atoms with E-state index in [-0.39, 0.29) is 34.5 Å². The van der Waals surface area contributed by atoms with Crippen molar-refractivity contribution in [2.45, 2.75) is 0 Å². The Balaban J connectivity index is 1.35. The number of aromatic nitrogens is 2. The lowest BCUT2D eigenvalue weighted by Gasteiger charge is -2.33. The minimum atomic E-state index is 0.00269. The summed E-state index contributed by atoms with van der Waals surface area (Å²) in [5.74, 6) is 0.144. The smallest absolute Gasteiger partial charge is 0.117 e. The van der Waals surface area contributed by atoms with Crippen molar-refractivity contribution in [3.05, 3.63) is 267 Å². The van der Waals surface area contributed by atoms with Gasteiger partial charge in [-0.3, -0.25) is 0 Å². The first-order valence-electron chi connectivity index (χ1n) is 26.7. The number of aromatic amines is 2. The number of phenols is 6. The summed E-state index contributed by atoms with van der Waals surface area (Å²) in [6, 6.07) is 83.0. The van der Waals surface area contributed by atoms with Crippen molar-refractivity contribution in [1.82, 2.24) is 9.97 Å². The Labute approximate surface area is 472 Å². The van der Waals surface area contributed by atoms with E-state index in [1.165, 1.54) is 0 Å². The highest BCUT2D eigenvalue weighted by Crippen LogP contribution is 2.58. The lowest BCUT2D eigenvalue weighted by atomic mass is 9.80. The standard InChI is InChI=1S/C72H52N4O6/c77-57-23-7-13-47(39-57)65-63(37-38-64(66(65)48-14-8-24-58(78)40-48)75(53-17-3-1-4-18-53)55-21-11-27-61(81)43-55)69-67(49-15-9-25-59(79)41-49)68(50-16-10-26-60(80)42-50)72(76(54-19-5-2-6-20-54)56-22-12-28-62(82)44-56)71-70(69)73-51-33-29-45(30-34-51)46-31-35-52(74-71)36-32-46/h1-44,73-74,77-82H. The maximum atomic E-state index is 11.8. The summed E-state index contributed by atoms with van der Waals surface area (Å²) >= 11 is 0. The molecule has 0 aliphatic rings. The Hall–Kier alpha value is -11.4. The monoisotopic (exact) mass is 1070 g/mol. The number of H-pyrrole nitrogens is 2. The molecule has 16 rings (SSSR count). The molecule has 0 saturated carbocycles. The number of rotatable bonds is 11. The number of aromatic hydroxyl groups is 6. The van der Waals surface area contributed by atoms with Crippen LogP contribution in [0.5, 0.6) is 34.5 Å². The molecule has 0 spiro atoms. The summed E-state index contributed by atoms with van der Waals surface area (Å²) in [7, 11) is 0. The van der Waals surface area contributed by atoms with Crippen LogP contribution in [0.3, 0.4) is 0 Å². The van der Waals surface area contributed by atoms with Gasteiger partial charge in [-0.15, -0.1) is 0 Å². The van der Waals surface area contributed by atoms with Crippen LogP contribution in [0.2, 0.25) is 0 Å². The second kappa shape index (κ2) is 21.1. The molecule has 0 fully saturated rings. The predicted octanol–water partition coefficient (Wildman–Crippen LogP) is 18.4. The Morgan fingerprint density at radius 1 is 0.256 bits per heavy atom. The first kappa shape index (κ1) is 50.2. The van der Waals surface area contributed by atoms with Gasteiger partial charge < -0.3 is 50.4 Å². The van der Waals surface area contributed by atoms with Crippen molar-refractivity contribution in [3.8, 4) is 90.1 Å². The normalized spacial score (nSPS) is 11.2. The lowest BCUT2D eigenvalue weighted by molar-refractivity contribution is 0.475. The highest BCUT2D eigenvalue weighted by molar-refractivity contribution is 6.20. The summed E-state index contributed by atoms with van der Waals surface area (Å²) < 4.78 is 0. The molecule has 0 aliphatic heterocycles. The minimum Gasteiger partial charge on any atom is -0.508 e. The molecule has 4 aromatic heterocycles. The van der Waals surface area contributed by atoms with Crippen molar-refractivity contribution < 1.29 is 30.6 Å². The quantitative estimate of drug-likeness (QED) is 0.0636. The van der Waals surface area contributed by atoms with Crippen LogP contribution in [0.4, 0.5) is 34.1 Å². The lowest BCUT2D eigenvalue weighted by Crippen LogP contribution is -2.14. The molecule has 10 heteroatoms. The Morgan fingerprint density at radius 3 is 1.10 bits per heavy atom. The summed E-state index contributed by atoms with van der Waals surface area (Å²) in [4.78, 5) is 12.1. The molecule has 4 heterocycles. The van der Waals surface area contributed by atoms with Gasteiger partial charge in [-0.25, -0.2) is 0 Å². The summed E-state index contributed by atoms with van der Waals surface area (Å²) in [6.45, 7) is 0. The average Bonchev–Trinajstić information content (AvgIpc) is 1.16. The van der Waals surface area contributed by atoms with E-state index in [2.05, 4.69) is 50.1 Å². The molecule has 8 N–H and O–H groups in total. The van der Waals surface area contributed by atoms with E-state index in [0.717, 1.165) is 33.2 Å². The van der Waals surface area contributed by atoms with Crippen molar-refractivity contribution in [2.75, 3.05) is 9.80 Å². The van der Waals surface area contributed by atoms with Crippen LogP contribution in [0.1, 0.15) is 0 Å². The van der Waals surface area contributed by atoms with E-state index in [0.29, 0.717) is 89.4 Å². The molecule has 10 nitrogen and oxygen atoms in total. The molecule has 82 heavy (non-hydrogen) atoms. The number of hydrogen-bond acceptors (Lipinski definition) is 8. The minimum absolute atomic E-state index is 0.00269. The number of nitrogens with zero attached hydrogens (tertiary/aromatic N) is 2. The Kier molecular flexibility index (Phi) is 12.9. The fourth-order valence-electron chi connectivity index (χ4n) is 11.3. The van der Waals surface area contributed by atoms with Gasteiger partial charge >= 0.3 is 0 Å². The highest BCUT2D eigenvalue weighted by atomic mass is 16.3. The molecular weight excluding hydrogens is 1020 g/mol. The van der Waals surface area contributed by atoms with Gasteiger partial charge in [-0.05, 0) is 172 Å². The topological polar surface area (TPSA) is 159 Å². The molecule has 12 aromatic carbocycles. The van der Waals surface area contributed by atoms with Gasteiger partial charge in [0.1, 0.15) is 34.5 Å².